The molecule has 0 aromatic rings. The van der Waals surface area contributed by atoms with E-state index in [1.807, 2.05) is 0 Å². The zero-order chi connectivity index (χ0) is 10.8. The third-order valence-corrected chi connectivity index (χ3v) is 2.14. The van der Waals surface area contributed by atoms with Gasteiger partial charge < -0.3 is 15.4 Å². The van der Waals surface area contributed by atoms with Crippen molar-refractivity contribution in [3.8, 4) is 0 Å². The number of hydrogen-bond acceptors (Lipinski definition) is 3. The van der Waals surface area contributed by atoms with E-state index in [0.29, 0.717) is 0 Å². The second kappa shape index (κ2) is 9.44. The van der Waals surface area contributed by atoms with E-state index >= 15 is 0 Å². The topological polar surface area (TPSA) is 38.5 Å². The molecule has 0 fully saturated rings. The summed E-state index contributed by atoms with van der Waals surface area (Å²) in [6.45, 7) is 9.46. The Bertz CT molecular complexity index is 118. The normalized spacial score (nSPS) is 11.6. The molecule has 2 N–H and O–H groups in total. The fourth-order valence-corrected chi connectivity index (χ4v) is 1.58. The van der Waals surface area contributed by atoms with E-state index in [1.54, 1.807) is 7.11 Å². The summed E-state index contributed by atoms with van der Waals surface area (Å²) in [7, 11) is 1.76. The lowest BCUT2D eigenvalue weighted by atomic mass is 10.2. The average molecular weight is 202 g/mol. The zero-order valence-corrected chi connectivity index (χ0v) is 9.96. The van der Waals surface area contributed by atoms with Gasteiger partial charge in [0, 0.05) is 33.4 Å². The van der Waals surface area contributed by atoms with E-state index in [1.165, 1.54) is 6.42 Å². The second-order valence-electron chi connectivity index (χ2n) is 4.18. The number of unbranched alkanes of at least 4 members (excludes halogenated alkanes) is 1. The zero-order valence-electron chi connectivity index (χ0n) is 9.96. The summed E-state index contributed by atoms with van der Waals surface area (Å²) < 4.78 is 5.02. The van der Waals surface area contributed by atoms with Gasteiger partial charge in [-0.25, -0.2) is 0 Å². The molecule has 0 aliphatic heterocycles. The van der Waals surface area contributed by atoms with Crippen molar-refractivity contribution in [1.82, 2.24) is 4.90 Å². The first-order valence-electron chi connectivity index (χ1n) is 5.62. The molecule has 0 aliphatic rings. The van der Waals surface area contributed by atoms with Crippen LogP contribution >= 0.6 is 0 Å². The van der Waals surface area contributed by atoms with Gasteiger partial charge in [-0.1, -0.05) is 13.8 Å². The Morgan fingerprint density at radius 1 is 1.21 bits per heavy atom. The van der Waals surface area contributed by atoms with E-state index in [9.17, 15) is 0 Å². The molecule has 0 saturated carbocycles. The summed E-state index contributed by atoms with van der Waals surface area (Å²) in [6, 6.07) is 0. The maximum atomic E-state index is 5.57. The summed E-state index contributed by atoms with van der Waals surface area (Å²) in [5.74, 6) is 0.726. The maximum Gasteiger partial charge on any atom is 0.0462 e. The van der Waals surface area contributed by atoms with Gasteiger partial charge in [0.1, 0.15) is 0 Å². The van der Waals surface area contributed by atoms with E-state index in [4.69, 9.17) is 10.5 Å². The van der Waals surface area contributed by atoms with Crippen LogP contribution in [0.15, 0.2) is 0 Å². The quantitative estimate of drug-likeness (QED) is 0.573. The number of nitrogens with two attached hydrogens (primary N) is 1. The van der Waals surface area contributed by atoms with Crippen molar-refractivity contribution in [3.05, 3.63) is 0 Å². The lowest BCUT2D eigenvalue weighted by Gasteiger charge is -2.23. The summed E-state index contributed by atoms with van der Waals surface area (Å²) in [6.07, 6.45) is 2.36. The van der Waals surface area contributed by atoms with Crippen molar-refractivity contribution in [2.45, 2.75) is 26.7 Å². The van der Waals surface area contributed by atoms with Crippen LogP contribution in [-0.2, 0) is 4.74 Å². The van der Waals surface area contributed by atoms with Gasteiger partial charge in [0.25, 0.3) is 0 Å². The van der Waals surface area contributed by atoms with Crippen molar-refractivity contribution in [3.63, 3.8) is 0 Å². The highest BCUT2D eigenvalue weighted by atomic mass is 16.5. The number of methoxy groups -OCH3 is 1. The van der Waals surface area contributed by atoms with Crippen molar-refractivity contribution in [2.24, 2.45) is 11.7 Å². The first kappa shape index (κ1) is 13.9. The minimum Gasteiger partial charge on any atom is -0.385 e. The SMILES string of the molecule is COCCCCN(CCN)CC(C)C. The number of ether oxygens (including phenoxy) is 1. The van der Waals surface area contributed by atoms with Crippen LogP contribution in [0.25, 0.3) is 0 Å². The maximum absolute atomic E-state index is 5.57. The van der Waals surface area contributed by atoms with Crippen LogP contribution in [0.2, 0.25) is 0 Å². The fraction of sp³-hybridized carbons (Fsp3) is 1.00. The fourth-order valence-electron chi connectivity index (χ4n) is 1.58. The van der Waals surface area contributed by atoms with Gasteiger partial charge in [0.2, 0.25) is 0 Å². The van der Waals surface area contributed by atoms with Gasteiger partial charge in [0.05, 0.1) is 0 Å². The molecule has 0 aliphatic carbocycles. The van der Waals surface area contributed by atoms with Gasteiger partial charge in [-0.2, -0.15) is 0 Å². The molecule has 0 atom stereocenters. The molecule has 14 heavy (non-hydrogen) atoms. The Labute approximate surface area is 88.6 Å². The van der Waals surface area contributed by atoms with Crippen molar-refractivity contribution in [1.29, 1.82) is 0 Å². The molecule has 0 bridgehead atoms. The van der Waals surface area contributed by atoms with Crippen molar-refractivity contribution < 1.29 is 4.74 Å². The Balaban J connectivity index is 3.51. The number of hydrogen-bond donors (Lipinski definition) is 1. The molecule has 3 heteroatoms. The molecule has 0 aromatic heterocycles. The summed E-state index contributed by atoms with van der Waals surface area (Å²) >= 11 is 0. The number of rotatable bonds is 9. The third-order valence-electron chi connectivity index (χ3n) is 2.14. The van der Waals surface area contributed by atoms with Crippen LogP contribution in [0.4, 0.5) is 0 Å². The van der Waals surface area contributed by atoms with Gasteiger partial charge in [-0.15, -0.1) is 0 Å². The highest BCUT2D eigenvalue weighted by molar-refractivity contribution is 4.60. The van der Waals surface area contributed by atoms with E-state index in [-0.39, 0.29) is 0 Å². The minimum absolute atomic E-state index is 0.726. The van der Waals surface area contributed by atoms with Gasteiger partial charge in [-0.3, -0.25) is 0 Å². The van der Waals surface area contributed by atoms with Crippen LogP contribution in [-0.4, -0.2) is 44.8 Å². The lowest BCUT2D eigenvalue weighted by molar-refractivity contribution is 0.181. The Hall–Kier alpha value is -0.120. The van der Waals surface area contributed by atoms with Crippen molar-refractivity contribution in [2.75, 3.05) is 39.9 Å². The van der Waals surface area contributed by atoms with E-state index in [0.717, 1.165) is 45.1 Å². The van der Waals surface area contributed by atoms with Crippen LogP contribution in [0.5, 0.6) is 0 Å². The molecular formula is C11H26N2O. The van der Waals surface area contributed by atoms with Crippen LogP contribution < -0.4 is 5.73 Å². The summed E-state index contributed by atoms with van der Waals surface area (Å²) in [5, 5.41) is 0. The van der Waals surface area contributed by atoms with Gasteiger partial charge >= 0.3 is 0 Å². The summed E-state index contributed by atoms with van der Waals surface area (Å²) in [4.78, 5) is 2.44. The first-order chi connectivity index (χ1) is 6.70. The first-order valence-corrected chi connectivity index (χ1v) is 5.62. The minimum atomic E-state index is 0.726. The monoisotopic (exact) mass is 202 g/mol. The third kappa shape index (κ3) is 8.48. The standard InChI is InChI=1S/C11H26N2O/c1-11(2)10-13(8-6-12)7-4-5-9-14-3/h11H,4-10,12H2,1-3H3. The Morgan fingerprint density at radius 2 is 1.93 bits per heavy atom. The largest absolute Gasteiger partial charge is 0.385 e. The van der Waals surface area contributed by atoms with E-state index in [2.05, 4.69) is 18.7 Å². The Morgan fingerprint density at radius 3 is 2.43 bits per heavy atom. The smallest absolute Gasteiger partial charge is 0.0462 e. The molecule has 0 heterocycles. The molecule has 0 unspecified atom stereocenters. The average Bonchev–Trinajstić information content (AvgIpc) is 2.12. The molecule has 3 nitrogen and oxygen atoms in total. The van der Waals surface area contributed by atoms with Crippen LogP contribution in [0.1, 0.15) is 26.7 Å². The van der Waals surface area contributed by atoms with Gasteiger partial charge in [-0.05, 0) is 25.3 Å². The predicted octanol–water partition coefficient (Wildman–Crippen LogP) is 1.33. The van der Waals surface area contributed by atoms with Gasteiger partial charge in [0.15, 0.2) is 0 Å². The molecular weight excluding hydrogens is 176 g/mol. The number of nitrogens with zero attached hydrogens (tertiary/aromatic N) is 1. The molecule has 0 amide bonds. The van der Waals surface area contributed by atoms with Crippen molar-refractivity contribution >= 4 is 0 Å². The lowest BCUT2D eigenvalue weighted by Crippen LogP contribution is -2.33. The van der Waals surface area contributed by atoms with Crippen LogP contribution in [0.3, 0.4) is 0 Å². The molecule has 86 valence electrons. The molecule has 0 saturated heterocycles. The van der Waals surface area contributed by atoms with Crippen LogP contribution in [0, 0.1) is 5.92 Å². The predicted molar refractivity (Wildman–Crippen MR) is 61.4 cm³/mol. The molecule has 0 aromatic carbocycles. The summed E-state index contributed by atoms with van der Waals surface area (Å²) in [5.41, 5.74) is 5.57. The second-order valence-corrected chi connectivity index (χ2v) is 4.18. The highest BCUT2D eigenvalue weighted by Gasteiger charge is 2.05. The molecule has 0 spiro atoms. The highest BCUT2D eigenvalue weighted by Crippen LogP contribution is 2.00. The Kier molecular flexibility index (Phi) is 9.35. The van der Waals surface area contributed by atoms with E-state index < -0.39 is 0 Å². The molecule has 0 radical (unpaired) electrons. The molecule has 0 rings (SSSR count).